The van der Waals surface area contributed by atoms with Gasteiger partial charge in [0.1, 0.15) is 12.4 Å². The van der Waals surface area contributed by atoms with Gasteiger partial charge in [0.05, 0.1) is 18.5 Å². The number of nitrogens with zero attached hydrogens (tertiary/aromatic N) is 1. The van der Waals surface area contributed by atoms with E-state index in [0.717, 1.165) is 30.0 Å². The van der Waals surface area contributed by atoms with Crippen LogP contribution in [0.4, 0.5) is 0 Å². The predicted octanol–water partition coefficient (Wildman–Crippen LogP) is 7.24. The molecule has 0 bridgehead atoms. The Bertz CT molecular complexity index is 637. The fourth-order valence-corrected chi connectivity index (χ4v) is 3.36. The highest BCUT2D eigenvalue weighted by Gasteiger charge is 2.02. The molecule has 0 atom stereocenters. The third kappa shape index (κ3) is 9.94. The van der Waals surface area contributed by atoms with Gasteiger partial charge in [-0.2, -0.15) is 0 Å². The Morgan fingerprint density at radius 1 is 0.690 bits per heavy atom. The number of benzene rings is 1. The highest BCUT2D eigenvalue weighted by molar-refractivity contribution is 5.59. The van der Waals surface area contributed by atoms with Crippen molar-refractivity contribution >= 4 is 0 Å². The van der Waals surface area contributed by atoms with E-state index in [4.69, 9.17) is 9.47 Å². The third-order valence-corrected chi connectivity index (χ3v) is 5.19. The number of unbranched alkanes of at least 4 members (excludes halogenated alkanes) is 7. The second-order valence-corrected chi connectivity index (χ2v) is 7.76. The highest BCUT2D eigenvalue weighted by Crippen LogP contribution is 2.21. The molecule has 1 heterocycles. The number of pyridine rings is 1. The van der Waals surface area contributed by atoms with Crippen molar-refractivity contribution in [2.24, 2.45) is 0 Å². The van der Waals surface area contributed by atoms with Crippen LogP contribution < -0.4 is 4.74 Å². The predicted molar refractivity (Wildman–Crippen MR) is 123 cm³/mol. The summed E-state index contributed by atoms with van der Waals surface area (Å²) in [4.78, 5) is 4.56. The van der Waals surface area contributed by atoms with Crippen molar-refractivity contribution in [3.05, 3.63) is 48.2 Å². The summed E-state index contributed by atoms with van der Waals surface area (Å²) in [5.74, 6) is 0.797. The second-order valence-electron chi connectivity index (χ2n) is 7.76. The standard InChI is InChI=1S/C26H39NO2/c1-3-5-7-8-9-10-12-23-13-15-24(16-14-23)26-18-17-25(22-27-26)29-21-20-28-19-11-6-4-2/h13-18,22H,3-12,19-21H2,1-2H3. The first-order chi connectivity index (χ1) is 14.3. The molecule has 0 N–H and O–H groups in total. The van der Waals surface area contributed by atoms with Crippen LogP contribution in [0.25, 0.3) is 11.3 Å². The van der Waals surface area contributed by atoms with Crippen LogP contribution >= 0.6 is 0 Å². The summed E-state index contributed by atoms with van der Waals surface area (Å²) in [5.41, 5.74) is 3.56. The molecule has 2 aromatic rings. The van der Waals surface area contributed by atoms with Gasteiger partial charge in [0.15, 0.2) is 0 Å². The molecular formula is C26H39NO2. The molecule has 0 aliphatic rings. The first-order valence-corrected chi connectivity index (χ1v) is 11.6. The Balaban J connectivity index is 1.68. The van der Waals surface area contributed by atoms with Crippen molar-refractivity contribution in [3.63, 3.8) is 0 Å². The molecule has 3 heteroatoms. The van der Waals surface area contributed by atoms with Crippen molar-refractivity contribution in [2.45, 2.75) is 78.1 Å². The summed E-state index contributed by atoms with van der Waals surface area (Å²) < 4.78 is 11.3. The van der Waals surface area contributed by atoms with Gasteiger partial charge in [-0.3, -0.25) is 4.98 Å². The molecule has 0 radical (unpaired) electrons. The number of aryl methyl sites for hydroxylation is 1. The quantitative estimate of drug-likeness (QED) is 0.280. The number of ether oxygens (including phenoxy) is 2. The van der Waals surface area contributed by atoms with Crippen LogP contribution in [0.2, 0.25) is 0 Å². The van der Waals surface area contributed by atoms with Gasteiger partial charge in [0.2, 0.25) is 0 Å². The summed E-state index contributed by atoms with van der Waals surface area (Å²) in [5, 5.41) is 0. The molecule has 0 aliphatic carbocycles. The van der Waals surface area contributed by atoms with E-state index >= 15 is 0 Å². The normalized spacial score (nSPS) is 11.0. The Labute approximate surface area is 177 Å². The van der Waals surface area contributed by atoms with Gasteiger partial charge in [-0.1, -0.05) is 83.1 Å². The Morgan fingerprint density at radius 3 is 2.14 bits per heavy atom. The number of hydrogen-bond donors (Lipinski definition) is 0. The highest BCUT2D eigenvalue weighted by atomic mass is 16.5. The van der Waals surface area contributed by atoms with Crippen molar-refractivity contribution < 1.29 is 9.47 Å². The maximum atomic E-state index is 5.71. The van der Waals surface area contributed by atoms with Gasteiger partial charge < -0.3 is 9.47 Å². The Morgan fingerprint density at radius 2 is 1.41 bits per heavy atom. The van der Waals surface area contributed by atoms with Gasteiger partial charge in [-0.25, -0.2) is 0 Å². The van der Waals surface area contributed by atoms with Crippen LogP contribution in [0.15, 0.2) is 42.6 Å². The van der Waals surface area contributed by atoms with E-state index in [9.17, 15) is 0 Å². The van der Waals surface area contributed by atoms with E-state index in [0.29, 0.717) is 13.2 Å². The van der Waals surface area contributed by atoms with Gasteiger partial charge in [-0.05, 0) is 37.0 Å². The van der Waals surface area contributed by atoms with Crippen molar-refractivity contribution in [1.82, 2.24) is 4.98 Å². The van der Waals surface area contributed by atoms with Gasteiger partial charge in [-0.15, -0.1) is 0 Å². The van der Waals surface area contributed by atoms with Crippen LogP contribution in [0.1, 0.15) is 77.2 Å². The Hall–Kier alpha value is -1.87. The van der Waals surface area contributed by atoms with E-state index in [1.165, 1.54) is 63.4 Å². The molecular weight excluding hydrogens is 358 g/mol. The lowest BCUT2D eigenvalue weighted by atomic mass is 10.0. The van der Waals surface area contributed by atoms with E-state index in [-0.39, 0.29) is 0 Å². The van der Waals surface area contributed by atoms with Crippen LogP contribution in [0.3, 0.4) is 0 Å². The smallest absolute Gasteiger partial charge is 0.137 e. The largest absolute Gasteiger partial charge is 0.490 e. The van der Waals surface area contributed by atoms with Crippen LogP contribution in [0, 0.1) is 0 Å². The maximum Gasteiger partial charge on any atom is 0.137 e. The van der Waals surface area contributed by atoms with Crippen LogP contribution in [-0.2, 0) is 11.2 Å². The molecule has 0 saturated carbocycles. The zero-order chi connectivity index (χ0) is 20.6. The summed E-state index contributed by atoms with van der Waals surface area (Å²) in [6, 6.07) is 12.9. The maximum absolute atomic E-state index is 5.71. The van der Waals surface area contributed by atoms with E-state index < -0.39 is 0 Å². The molecule has 1 aromatic carbocycles. The third-order valence-electron chi connectivity index (χ3n) is 5.19. The first kappa shape index (κ1) is 23.4. The van der Waals surface area contributed by atoms with Crippen molar-refractivity contribution in [1.29, 1.82) is 0 Å². The zero-order valence-corrected chi connectivity index (χ0v) is 18.5. The molecule has 1 aromatic heterocycles. The summed E-state index contributed by atoms with van der Waals surface area (Å²) in [6.45, 7) is 6.49. The number of hydrogen-bond acceptors (Lipinski definition) is 3. The molecule has 29 heavy (non-hydrogen) atoms. The Kier molecular flexibility index (Phi) is 12.1. The van der Waals surface area contributed by atoms with Crippen LogP contribution in [0.5, 0.6) is 5.75 Å². The minimum absolute atomic E-state index is 0.570. The van der Waals surface area contributed by atoms with E-state index in [1.807, 2.05) is 12.1 Å². The van der Waals surface area contributed by atoms with Crippen molar-refractivity contribution in [3.8, 4) is 17.0 Å². The monoisotopic (exact) mass is 397 g/mol. The molecule has 0 fully saturated rings. The summed E-state index contributed by atoms with van der Waals surface area (Å²) in [7, 11) is 0. The van der Waals surface area contributed by atoms with Crippen LogP contribution in [-0.4, -0.2) is 24.8 Å². The lowest BCUT2D eigenvalue weighted by Gasteiger charge is -2.08. The minimum atomic E-state index is 0.570. The summed E-state index contributed by atoms with van der Waals surface area (Å²) in [6.07, 6.45) is 14.6. The SMILES string of the molecule is CCCCCCCCc1ccc(-c2ccc(OCCOCCCCC)cn2)cc1. The number of rotatable bonds is 16. The average Bonchev–Trinajstić information content (AvgIpc) is 2.76. The van der Waals surface area contributed by atoms with Gasteiger partial charge >= 0.3 is 0 Å². The molecule has 160 valence electrons. The fourth-order valence-electron chi connectivity index (χ4n) is 3.36. The van der Waals surface area contributed by atoms with E-state index in [1.54, 1.807) is 6.20 Å². The van der Waals surface area contributed by atoms with E-state index in [2.05, 4.69) is 43.1 Å². The summed E-state index contributed by atoms with van der Waals surface area (Å²) >= 11 is 0. The zero-order valence-electron chi connectivity index (χ0n) is 18.5. The average molecular weight is 398 g/mol. The molecule has 0 aliphatic heterocycles. The number of aromatic nitrogens is 1. The van der Waals surface area contributed by atoms with Gasteiger partial charge in [0.25, 0.3) is 0 Å². The topological polar surface area (TPSA) is 31.4 Å². The molecule has 0 spiro atoms. The first-order valence-electron chi connectivity index (χ1n) is 11.6. The van der Waals surface area contributed by atoms with Gasteiger partial charge in [0, 0.05) is 12.2 Å². The lowest BCUT2D eigenvalue weighted by molar-refractivity contribution is 0.0972. The molecule has 0 saturated heterocycles. The minimum Gasteiger partial charge on any atom is -0.490 e. The molecule has 0 amide bonds. The van der Waals surface area contributed by atoms with Crippen molar-refractivity contribution in [2.75, 3.05) is 19.8 Å². The molecule has 2 rings (SSSR count). The lowest BCUT2D eigenvalue weighted by Crippen LogP contribution is -2.07. The second kappa shape index (κ2) is 15.0. The fraction of sp³-hybridized carbons (Fsp3) is 0.577. The molecule has 0 unspecified atom stereocenters. The molecule has 3 nitrogen and oxygen atoms in total.